The molecule has 152 valence electrons. The zero-order chi connectivity index (χ0) is 20.6. The summed E-state index contributed by atoms with van der Waals surface area (Å²) in [5, 5.41) is 0.728. The third kappa shape index (κ3) is 4.15. The first kappa shape index (κ1) is 20.6. The van der Waals surface area contributed by atoms with E-state index in [-0.39, 0.29) is 17.7 Å². The van der Waals surface area contributed by atoms with Gasteiger partial charge in [-0.15, -0.1) is 0 Å². The van der Waals surface area contributed by atoms with Gasteiger partial charge in [-0.1, -0.05) is 17.7 Å². The Labute approximate surface area is 169 Å². The van der Waals surface area contributed by atoms with Crippen LogP contribution in [-0.4, -0.2) is 38.7 Å². The fraction of sp³-hybridized carbons (Fsp3) is 0.550. The predicted octanol–water partition coefficient (Wildman–Crippen LogP) is 3.47. The fourth-order valence-electron chi connectivity index (χ4n) is 3.56. The largest absolute Gasteiger partial charge is 0.444 e. The van der Waals surface area contributed by atoms with Gasteiger partial charge in [-0.3, -0.25) is 9.36 Å². The molecule has 0 saturated carbocycles. The van der Waals surface area contributed by atoms with Gasteiger partial charge in [0, 0.05) is 13.1 Å². The van der Waals surface area contributed by atoms with Crippen LogP contribution in [0.1, 0.15) is 52.4 Å². The van der Waals surface area contributed by atoms with E-state index in [1.807, 2.05) is 20.8 Å². The van der Waals surface area contributed by atoms with Gasteiger partial charge in [0.2, 0.25) is 0 Å². The molecule has 0 spiro atoms. The highest BCUT2D eigenvalue weighted by Crippen LogP contribution is 2.24. The fourth-order valence-corrected chi connectivity index (χ4v) is 3.81. The number of amides is 1. The molecule has 0 aliphatic carbocycles. The van der Waals surface area contributed by atoms with Gasteiger partial charge in [-0.25, -0.2) is 9.78 Å². The van der Waals surface area contributed by atoms with Crippen molar-refractivity contribution in [3.05, 3.63) is 39.4 Å². The molecule has 1 amide bonds. The van der Waals surface area contributed by atoms with E-state index in [0.717, 1.165) is 12.8 Å². The molecule has 1 aromatic carbocycles. The molecular weight excluding hydrogens is 380 g/mol. The van der Waals surface area contributed by atoms with Gasteiger partial charge in [-0.2, -0.15) is 0 Å². The Bertz CT molecular complexity index is 949. The summed E-state index contributed by atoms with van der Waals surface area (Å²) in [7, 11) is 0. The second-order valence-corrected chi connectivity index (χ2v) is 8.69. The minimum atomic E-state index is -0.573. The molecule has 0 bridgehead atoms. The van der Waals surface area contributed by atoms with Crippen LogP contribution in [0.2, 0.25) is 5.02 Å². The lowest BCUT2D eigenvalue weighted by Gasteiger charge is -2.29. The minimum Gasteiger partial charge on any atom is -0.444 e. The van der Waals surface area contributed by atoms with Crippen molar-refractivity contribution in [3.8, 4) is 0 Å². The third-order valence-electron chi connectivity index (χ3n) is 4.77. The SMILES string of the molecule is C[C@H](N)c1nc2cccc(Cl)c2c(=O)n1CC1CCCN1C(=O)OC(C)(C)C. The first-order valence-corrected chi connectivity index (χ1v) is 9.90. The van der Waals surface area contributed by atoms with Crippen LogP contribution in [0.15, 0.2) is 23.0 Å². The van der Waals surface area contributed by atoms with E-state index >= 15 is 0 Å². The van der Waals surface area contributed by atoms with Crippen LogP contribution >= 0.6 is 11.6 Å². The van der Waals surface area contributed by atoms with Crippen LogP contribution < -0.4 is 11.3 Å². The maximum absolute atomic E-state index is 13.2. The van der Waals surface area contributed by atoms with Gasteiger partial charge in [0.05, 0.1) is 28.0 Å². The number of carbonyl (C=O) groups is 1. The molecule has 1 aliphatic heterocycles. The molecule has 1 saturated heterocycles. The number of fused-ring (bicyclic) bond motifs is 1. The molecule has 7 nitrogen and oxygen atoms in total. The number of hydrogen-bond acceptors (Lipinski definition) is 5. The van der Waals surface area contributed by atoms with E-state index in [0.29, 0.717) is 34.8 Å². The van der Waals surface area contributed by atoms with Crippen LogP contribution in [0.25, 0.3) is 10.9 Å². The minimum absolute atomic E-state index is 0.160. The number of benzene rings is 1. The zero-order valence-corrected chi connectivity index (χ0v) is 17.5. The molecule has 2 atom stereocenters. The van der Waals surface area contributed by atoms with Gasteiger partial charge < -0.3 is 15.4 Å². The quantitative estimate of drug-likeness (QED) is 0.842. The highest BCUT2D eigenvalue weighted by molar-refractivity contribution is 6.35. The Kier molecular flexibility index (Phi) is 5.68. The van der Waals surface area contributed by atoms with Crippen molar-refractivity contribution in [3.63, 3.8) is 0 Å². The molecule has 8 heteroatoms. The zero-order valence-electron chi connectivity index (χ0n) is 16.7. The van der Waals surface area contributed by atoms with E-state index in [1.54, 1.807) is 34.6 Å². The number of nitrogens with zero attached hydrogens (tertiary/aromatic N) is 3. The molecular formula is C20H27ClN4O3. The Morgan fingerprint density at radius 3 is 2.79 bits per heavy atom. The topological polar surface area (TPSA) is 90.5 Å². The molecule has 1 aliphatic rings. The third-order valence-corrected chi connectivity index (χ3v) is 5.08. The lowest BCUT2D eigenvalue weighted by atomic mass is 10.1. The summed E-state index contributed by atoms with van der Waals surface area (Å²) in [4.78, 5) is 32.1. The second-order valence-electron chi connectivity index (χ2n) is 8.28. The standard InChI is InChI=1S/C20H27ClN4O3/c1-12(22)17-23-15-9-5-8-14(21)16(15)18(26)25(17)11-13-7-6-10-24(13)19(27)28-20(2,3)4/h5,8-9,12-13H,6-7,10-11,22H2,1-4H3/t12-,13?/m0/s1. The molecule has 1 fully saturated rings. The summed E-state index contributed by atoms with van der Waals surface area (Å²) in [5.41, 5.74) is 5.82. The number of hydrogen-bond donors (Lipinski definition) is 1. The van der Waals surface area contributed by atoms with Crippen LogP contribution in [0, 0.1) is 0 Å². The van der Waals surface area contributed by atoms with Crippen molar-refractivity contribution in [2.45, 2.75) is 64.8 Å². The van der Waals surface area contributed by atoms with E-state index in [9.17, 15) is 9.59 Å². The van der Waals surface area contributed by atoms with Crippen LogP contribution in [-0.2, 0) is 11.3 Å². The van der Waals surface area contributed by atoms with Crippen LogP contribution in [0.4, 0.5) is 4.79 Å². The average Bonchev–Trinajstić information content (AvgIpc) is 3.03. The van der Waals surface area contributed by atoms with Crippen LogP contribution in [0.3, 0.4) is 0 Å². The Balaban J connectivity index is 2.00. The normalized spacial score (nSPS) is 18.5. The number of ether oxygens (including phenoxy) is 1. The Hall–Kier alpha value is -2.12. The summed E-state index contributed by atoms with van der Waals surface area (Å²) >= 11 is 6.27. The highest BCUT2D eigenvalue weighted by Gasteiger charge is 2.33. The molecule has 3 rings (SSSR count). The summed E-state index contributed by atoms with van der Waals surface area (Å²) in [6.45, 7) is 8.21. The van der Waals surface area contributed by atoms with Gasteiger partial charge >= 0.3 is 6.09 Å². The molecule has 2 aromatic rings. The van der Waals surface area contributed by atoms with Gasteiger partial charge in [-0.05, 0) is 52.7 Å². The first-order valence-electron chi connectivity index (χ1n) is 9.52. The Morgan fingerprint density at radius 1 is 1.43 bits per heavy atom. The van der Waals surface area contributed by atoms with Crippen molar-refractivity contribution in [1.29, 1.82) is 0 Å². The van der Waals surface area contributed by atoms with Crippen molar-refractivity contribution >= 4 is 28.6 Å². The van der Waals surface area contributed by atoms with E-state index in [2.05, 4.69) is 4.98 Å². The molecule has 1 aromatic heterocycles. The number of rotatable bonds is 3. The number of aromatic nitrogens is 2. The molecule has 28 heavy (non-hydrogen) atoms. The number of nitrogens with two attached hydrogens (primary N) is 1. The highest BCUT2D eigenvalue weighted by atomic mass is 35.5. The van der Waals surface area contributed by atoms with E-state index in [1.165, 1.54) is 0 Å². The van der Waals surface area contributed by atoms with Crippen molar-refractivity contribution < 1.29 is 9.53 Å². The summed E-state index contributed by atoms with van der Waals surface area (Å²) in [6, 6.07) is 4.58. The van der Waals surface area contributed by atoms with Crippen molar-refractivity contribution in [2.75, 3.05) is 6.54 Å². The predicted molar refractivity (Wildman–Crippen MR) is 110 cm³/mol. The average molecular weight is 407 g/mol. The lowest BCUT2D eigenvalue weighted by molar-refractivity contribution is 0.0212. The van der Waals surface area contributed by atoms with Gasteiger partial charge in [0.15, 0.2) is 0 Å². The van der Waals surface area contributed by atoms with Crippen molar-refractivity contribution in [2.24, 2.45) is 5.73 Å². The van der Waals surface area contributed by atoms with E-state index < -0.39 is 11.6 Å². The summed E-state index contributed by atoms with van der Waals surface area (Å²) < 4.78 is 7.09. The van der Waals surface area contributed by atoms with Crippen LogP contribution in [0.5, 0.6) is 0 Å². The lowest BCUT2D eigenvalue weighted by Crippen LogP contribution is -2.43. The van der Waals surface area contributed by atoms with E-state index in [4.69, 9.17) is 22.1 Å². The summed E-state index contributed by atoms with van der Waals surface area (Å²) in [5.74, 6) is 0.482. The smallest absolute Gasteiger partial charge is 0.410 e. The summed E-state index contributed by atoms with van der Waals surface area (Å²) in [6.07, 6.45) is 1.27. The number of likely N-dealkylation sites (tertiary alicyclic amines) is 1. The van der Waals surface area contributed by atoms with Gasteiger partial charge in [0.1, 0.15) is 11.4 Å². The second kappa shape index (κ2) is 7.72. The molecule has 2 N–H and O–H groups in total. The number of halogens is 1. The molecule has 0 radical (unpaired) electrons. The maximum Gasteiger partial charge on any atom is 0.410 e. The van der Waals surface area contributed by atoms with Gasteiger partial charge in [0.25, 0.3) is 5.56 Å². The maximum atomic E-state index is 13.2. The Morgan fingerprint density at radius 2 is 2.14 bits per heavy atom. The van der Waals surface area contributed by atoms with Crippen molar-refractivity contribution in [1.82, 2.24) is 14.5 Å². The molecule has 1 unspecified atom stereocenters. The molecule has 2 heterocycles. The number of carbonyl (C=O) groups excluding carboxylic acids is 1. The monoisotopic (exact) mass is 406 g/mol. The first-order chi connectivity index (χ1) is 13.1.